The highest BCUT2D eigenvalue weighted by Crippen LogP contribution is 2.39. The first-order valence-corrected chi connectivity index (χ1v) is 6.83. The maximum absolute atomic E-state index is 11.7. The van der Waals surface area contributed by atoms with Gasteiger partial charge in [-0.3, -0.25) is 5.32 Å². The third-order valence-electron chi connectivity index (χ3n) is 2.95. The molecule has 19 heavy (non-hydrogen) atoms. The molecule has 2 amide bonds. The van der Waals surface area contributed by atoms with Gasteiger partial charge in [-0.2, -0.15) is 4.37 Å². The Morgan fingerprint density at radius 3 is 3.11 bits per heavy atom. The molecule has 0 bridgehead atoms. The van der Waals surface area contributed by atoms with E-state index in [1.165, 1.54) is 11.5 Å². The van der Waals surface area contributed by atoms with Gasteiger partial charge in [-0.1, -0.05) is 0 Å². The molecule has 0 aliphatic heterocycles. The van der Waals surface area contributed by atoms with Gasteiger partial charge in [-0.25, -0.2) is 14.8 Å². The van der Waals surface area contributed by atoms with Crippen molar-refractivity contribution < 1.29 is 4.79 Å². The van der Waals surface area contributed by atoms with Crippen LogP contribution in [0.1, 0.15) is 30.3 Å². The van der Waals surface area contributed by atoms with Crippen LogP contribution in [0.2, 0.25) is 0 Å². The number of hydrogen-bond donors (Lipinski definition) is 2. The minimum absolute atomic E-state index is 0.278. The summed E-state index contributed by atoms with van der Waals surface area (Å²) in [4.78, 5) is 20.0. The van der Waals surface area contributed by atoms with E-state index < -0.39 is 0 Å². The standard InChI is InChI=1S/C11H14N6OS/c1-17-6-12-4-8(17)5-13-10(18)15-11-14-9(16-19-11)7-2-3-7/h4,6-7H,2-3,5H2,1H3,(H2,13,14,15,16,18). The highest BCUT2D eigenvalue weighted by Gasteiger charge is 2.27. The van der Waals surface area contributed by atoms with Crippen LogP contribution in [0.5, 0.6) is 0 Å². The molecule has 2 aromatic rings. The average molecular weight is 278 g/mol. The lowest BCUT2D eigenvalue weighted by Gasteiger charge is -2.05. The largest absolute Gasteiger partial charge is 0.336 e. The van der Waals surface area contributed by atoms with Crippen molar-refractivity contribution >= 4 is 22.7 Å². The molecule has 3 rings (SSSR count). The number of anilines is 1. The molecule has 0 radical (unpaired) electrons. The summed E-state index contributed by atoms with van der Waals surface area (Å²) in [6.45, 7) is 0.427. The lowest BCUT2D eigenvalue weighted by atomic mass is 10.4. The van der Waals surface area contributed by atoms with Gasteiger partial charge in [-0.05, 0) is 12.8 Å². The quantitative estimate of drug-likeness (QED) is 0.887. The minimum atomic E-state index is -0.278. The van der Waals surface area contributed by atoms with E-state index in [1.54, 1.807) is 12.5 Å². The molecule has 0 unspecified atom stereocenters. The van der Waals surface area contributed by atoms with Crippen molar-refractivity contribution in [2.24, 2.45) is 7.05 Å². The van der Waals surface area contributed by atoms with E-state index >= 15 is 0 Å². The van der Waals surface area contributed by atoms with Gasteiger partial charge in [0.2, 0.25) is 5.13 Å². The smallest absolute Gasteiger partial charge is 0.321 e. The van der Waals surface area contributed by atoms with Gasteiger partial charge < -0.3 is 9.88 Å². The molecule has 2 N–H and O–H groups in total. The maximum atomic E-state index is 11.7. The molecule has 0 spiro atoms. The monoisotopic (exact) mass is 278 g/mol. The zero-order valence-electron chi connectivity index (χ0n) is 10.5. The normalized spacial score (nSPS) is 14.4. The molecule has 0 aromatic carbocycles. The van der Waals surface area contributed by atoms with Crippen molar-refractivity contribution in [3.05, 3.63) is 24.0 Å². The van der Waals surface area contributed by atoms with E-state index in [9.17, 15) is 4.79 Å². The van der Waals surface area contributed by atoms with E-state index in [1.807, 2.05) is 11.6 Å². The van der Waals surface area contributed by atoms with E-state index in [2.05, 4.69) is 25.0 Å². The van der Waals surface area contributed by atoms with Gasteiger partial charge in [0.25, 0.3) is 0 Å². The van der Waals surface area contributed by atoms with Crippen molar-refractivity contribution in [3.63, 3.8) is 0 Å². The third kappa shape index (κ3) is 2.90. The molecule has 1 fully saturated rings. The summed E-state index contributed by atoms with van der Waals surface area (Å²) in [5.74, 6) is 1.36. The number of urea groups is 1. The average Bonchev–Trinajstić information content (AvgIpc) is 3.01. The Bertz CT molecular complexity index is 588. The fourth-order valence-electron chi connectivity index (χ4n) is 1.66. The molecule has 1 aliphatic carbocycles. The summed E-state index contributed by atoms with van der Waals surface area (Å²) in [6.07, 6.45) is 5.73. The molecule has 1 aliphatic rings. The lowest BCUT2D eigenvalue weighted by Crippen LogP contribution is -2.28. The van der Waals surface area contributed by atoms with Crippen LogP contribution < -0.4 is 10.6 Å². The summed E-state index contributed by atoms with van der Waals surface area (Å²) in [5.41, 5.74) is 0.936. The number of carbonyl (C=O) groups excluding carboxylic acids is 1. The van der Waals surface area contributed by atoms with Crippen molar-refractivity contribution in [2.75, 3.05) is 5.32 Å². The van der Waals surface area contributed by atoms with E-state index in [0.29, 0.717) is 17.6 Å². The number of nitrogens with one attached hydrogen (secondary N) is 2. The molecular weight excluding hydrogens is 264 g/mol. The Morgan fingerprint density at radius 1 is 1.58 bits per heavy atom. The number of amides is 2. The second-order valence-electron chi connectivity index (χ2n) is 4.54. The number of carbonyl (C=O) groups is 1. The maximum Gasteiger partial charge on any atom is 0.321 e. The minimum Gasteiger partial charge on any atom is -0.336 e. The molecule has 7 nitrogen and oxygen atoms in total. The van der Waals surface area contributed by atoms with Gasteiger partial charge in [0.05, 0.1) is 18.6 Å². The molecule has 0 atom stereocenters. The van der Waals surface area contributed by atoms with Crippen LogP contribution in [-0.4, -0.2) is 24.9 Å². The number of aryl methyl sites for hydroxylation is 1. The summed E-state index contributed by atoms with van der Waals surface area (Å²) in [6, 6.07) is -0.278. The Labute approximate surface area is 114 Å². The molecule has 2 aromatic heterocycles. The number of hydrogen-bond acceptors (Lipinski definition) is 5. The summed E-state index contributed by atoms with van der Waals surface area (Å²) in [5, 5.41) is 5.99. The van der Waals surface area contributed by atoms with E-state index in [-0.39, 0.29) is 6.03 Å². The second-order valence-corrected chi connectivity index (χ2v) is 5.29. The zero-order valence-corrected chi connectivity index (χ0v) is 11.3. The highest BCUT2D eigenvalue weighted by atomic mass is 32.1. The van der Waals surface area contributed by atoms with E-state index in [4.69, 9.17) is 0 Å². The van der Waals surface area contributed by atoms with Crippen LogP contribution in [0, 0.1) is 0 Å². The van der Waals surface area contributed by atoms with Gasteiger partial charge >= 0.3 is 6.03 Å². The van der Waals surface area contributed by atoms with Gasteiger partial charge in [0.1, 0.15) is 5.82 Å². The molecular formula is C11H14N6OS. The fourth-order valence-corrected chi connectivity index (χ4v) is 2.30. The van der Waals surface area contributed by atoms with Crippen molar-refractivity contribution in [1.29, 1.82) is 0 Å². The Morgan fingerprint density at radius 2 is 2.42 bits per heavy atom. The Kier molecular flexibility index (Phi) is 3.16. The molecule has 2 heterocycles. The predicted molar refractivity (Wildman–Crippen MR) is 71.0 cm³/mol. The second kappa shape index (κ2) is 4.96. The summed E-state index contributed by atoms with van der Waals surface area (Å²) < 4.78 is 6.09. The van der Waals surface area contributed by atoms with Crippen molar-refractivity contribution in [3.8, 4) is 0 Å². The molecule has 0 saturated heterocycles. The Balaban J connectivity index is 1.51. The SMILES string of the molecule is Cn1cncc1CNC(=O)Nc1nc(C2CC2)ns1. The molecule has 100 valence electrons. The summed E-state index contributed by atoms with van der Waals surface area (Å²) >= 11 is 1.22. The first kappa shape index (κ1) is 12.1. The first-order chi connectivity index (χ1) is 9.22. The van der Waals surface area contributed by atoms with Crippen LogP contribution in [0.3, 0.4) is 0 Å². The number of rotatable bonds is 4. The van der Waals surface area contributed by atoms with Gasteiger partial charge in [-0.15, -0.1) is 0 Å². The van der Waals surface area contributed by atoms with Crippen molar-refractivity contribution in [1.82, 2.24) is 24.2 Å². The molecule has 8 heteroatoms. The van der Waals surface area contributed by atoms with Crippen LogP contribution in [-0.2, 0) is 13.6 Å². The van der Waals surface area contributed by atoms with Crippen LogP contribution >= 0.6 is 11.5 Å². The Hall–Kier alpha value is -1.96. The lowest BCUT2D eigenvalue weighted by molar-refractivity contribution is 0.251. The predicted octanol–water partition coefficient (Wildman–Crippen LogP) is 1.47. The number of nitrogens with zero attached hydrogens (tertiary/aromatic N) is 4. The number of imidazole rings is 1. The van der Waals surface area contributed by atoms with Crippen LogP contribution in [0.15, 0.2) is 12.5 Å². The number of aromatic nitrogens is 4. The zero-order chi connectivity index (χ0) is 13.2. The third-order valence-corrected chi connectivity index (χ3v) is 3.60. The highest BCUT2D eigenvalue weighted by molar-refractivity contribution is 7.09. The van der Waals surface area contributed by atoms with Gasteiger partial charge in [0, 0.05) is 30.7 Å². The summed E-state index contributed by atoms with van der Waals surface area (Å²) in [7, 11) is 1.88. The van der Waals surface area contributed by atoms with Crippen molar-refractivity contribution in [2.45, 2.75) is 25.3 Å². The first-order valence-electron chi connectivity index (χ1n) is 6.06. The van der Waals surface area contributed by atoms with E-state index in [0.717, 1.165) is 24.4 Å². The van der Waals surface area contributed by atoms with Crippen LogP contribution in [0.25, 0.3) is 0 Å². The molecule has 1 saturated carbocycles. The van der Waals surface area contributed by atoms with Crippen LogP contribution in [0.4, 0.5) is 9.93 Å². The topological polar surface area (TPSA) is 84.7 Å². The fraction of sp³-hybridized carbons (Fsp3) is 0.455. The van der Waals surface area contributed by atoms with Gasteiger partial charge in [0.15, 0.2) is 0 Å².